The summed E-state index contributed by atoms with van der Waals surface area (Å²) >= 11 is 0. The van der Waals surface area contributed by atoms with Crippen LogP contribution < -0.4 is 11.5 Å². The normalized spacial score (nSPS) is 11.8. The van der Waals surface area contributed by atoms with Crippen molar-refractivity contribution < 1.29 is 18.0 Å². The van der Waals surface area contributed by atoms with Crippen molar-refractivity contribution in [1.82, 2.24) is 4.90 Å². The second-order valence-corrected chi connectivity index (χ2v) is 4.24. The number of primary amides is 1. The molecule has 19 heavy (non-hydrogen) atoms. The zero-order chi connectivity index (χ0) is 14.5. The third-order valence-corrected chi connectivity index (χ3v) is 2.54. The lowest BCUT2D eigenvalue weighted by atomic mass is 10.1. The van der Waals surface area contributed by atoms with Gasteiger partial charge in [0.1, 0.15) is 0 Å². The van der Waals surface area contributed by atoms with Crippen LogP contribution in [-0.2, 0) is 11.3 Å². The second-order valence-electron chi connectivity index (χ2n) is 4.24. The topological polar surface area (TPSA) is 72.4 Å². The smallest absolute Gasteiger partial charge is 0.390 e. The van der Waals surface area contributed by atoms with E-state index in [2.05, 4.69) is 0 Å². The van der Waals surface area contributed by atoms with Crippen molar-refractivity contribution in [3.63, 3.8) is 0 Å². The Kier molecular flexibility index (Phi) is 5.17. The number of amides is 1. The Hall–Kier alpha value is -1.76. The van der Waals surface area contributed by atoms with Crippen LogP contribution in [0.2, 0.25) is 0 Å². The molecule has 0 bridgehead atoms. The van der Waals surface area contributed by atoms with E-state index in [-0.39, 0.29) is 19.6 Å². The molecule has 0 radical (unpaired) electrons. The van der Waals surface area contributed by atoms with Gasteiger partial charge in [-0.3, -0.25) is 9.69 Å². The van der Waals surface area contributed by atoms with Gasteiger partial charge >= 0.3 is 6.18 Å². The minimum Gasteiger partial charge on any atom is -0.398 e. The number of carbonyl (C=O) groups is 1. The van der Waals surface area contributed by atoms with Crippen LogP contribution >= 0.6 is 0 Å². The van der Waals surface area contributed by atoms with E-state index < -0.39 is 18.5 Å². The summed E-state index contributed by atoms with van der Waals surface area (Å²) in [5.74, 6) is -0.670. The molecule has 0 saturated carbocycles. The Balaban J connectivity index is 2.69. The Morgan fingerprint density at radius 1 is 1.26 bits per heavy atom. The zero-order valence-electron chi connectivity index (χ0n) is 10.3. The number of anilines is 1. The maximum absolute atomic E-state index is 12.2. The van der Waals surface area contributed by atoms with E-state index in [1.165, 1.54) is 4.90 Å². The number of halogens is 3. The predicted octanol–water partition coefficient (Wildman–Crippen LogP) is 1.51. The number of nitrogens with two attached hydrogens (primary N) is 2. The number of nitrogen functional groups attached to an aromatic ring is 1. The number of hydrogen-bond acceptors (Lipinski definition) is 3. The van der Waals surface area contributed by atoms with Crippen LogP contribution in [-0.4, -0.2) is 30.1 Å². The van der Waals surface area contributed by atoms with E-state index in [1.807, 2.05) is 0 Å². The molecule has 0 atom stereocenters. The van der Waals surface area contributed by atoms with E-state index in [1.54, 1.807) is 24.3 Å². The quantitative estimate of drug-likeness (QED) is 0.773. The van der Waals surface area contributed by atoms with Gasteiger partial charge in [-0.25, -0.2) is 0 Å². The molecule has 0 aliphatic rings. The Bertz CT molecular complexity index is 434. The van der Waals surface area contributed by atoms with E-state index >= 15 is 0 Å². The minimum atomic E-state index is -4.27. The minimum absolute atomic E-state index is 0.158. The highest BCUT2D eigenvalue weighted by Gasteiger charge is 2.28. The molecule has 0 aliphatic heterocycles. The van der Waals surface area contributed by atoms with Gasteiger partial charge in [0.15, 0.2) is 0 Å². The van der Waals surface area contributed by atoms with Crippen molar-refractivity contribution in [1.29, 1.82) is 0 Å². The lowest BCUT2D eigenvalue weighted by Gasteiger charge is -2.22. The lowest BCUT2D eigenvalue weighted by Crippen LogP contribution is -2.35. The van der Waals surface area contributed by atoms with Gasteiger partial charge in [-0.1, -0.05) is 18.2 Å². The van der Waals surface area contributed by atoms with Crippen molar-refractivity contribution in [3.05, 3.63) is 29.8 Å². The van der Waals surface area contributed by atoms with Crippen molar-refractivity contribution in [2.24, 2.45) is 5.73 Å². The highest BCUT2D eigenvalue weighted by atomic mass is 19.4. The summed E-state index contributed by atoms with van der Waals surface area (Å²) < 4.78 is 36.6. The fraction of sp³-hybridized carbons (Fsp3) is 0.417. The first-order chi connectivity index (χ1) is 8.78. The highest BCUT2D eigenvalue weighted by molar-refractivity contribution is 5.75. The van der Waals surface area contributed by atoms with E-state index in [4.69, 9.17) is 11.5 Å². The summed E-state index contributed by atoms with van der Waals surface area (Å²) in [5.41, 5.74) is 11.9. The molecule has 0 heterocycles. The van der Waals surface area contributed by atoms with Crippen LogP contribution in [0.1, 0.15) is 12.0 Å². The van der Waals surface area contributed by atoms with Crippen LogP contribution in [0.25, 0.3) is 0 Å². The number of hydrogen-bond donors (Lipinski definition) is 2. The molecule has 4 N–H and O–H groups in total. The fourth-order valence-corrected chi connectivity index (χ4v) is 1.64. The number of nitrogens with zero attached hydrogens (tertiary/aromatic N) is 1. The standard InChI is InChI=1S/C12H16F3N3O/c13-12(14,15)5-6-18(8-11(17)19)7-9-3-1-2-4-10(9)16/h1-4H,5-8,16H2,(H2,17,19). The first kappa shape index (κ1) is 15.3. The molecule has 1 rings (SSSR count). The van der Waals surface area contributed by atoms with Gasteiger partial charge in [-0.05, 0) is 11.6 Å². The highest BCUT2D eigenvalue weighted by Crippen LogP contribution is 2.21. The van der Waals surface area contributed by atoms with E-state index in [9.17, 15) is 18.0 Å². The first-order valence-corrected chi connectivity index (χ1v) is 5.69. The van der Waals surface area contributed by atoms with Crippen molar-refractivity contribution in [2.45, 2.75) is 19.1 Å². The van der Waals surface area contributed by atoms with Gasteiger partial charge in [0, 0.05) is 18.8 Å². The molecule has 1 amide bonds. The maximum Gasteiger partial charge on any atom is 0.390 e. The molecule has 7 heteroatoms. The molecule has 106 valence electrons. The molecular formula is C12H16F3N3O. The first-order valence-electron chi connectivity index (χ1n) is 5.69. The molecule has 1 aromatic carbocycles. The van der Waals surface area contributed by atoms with Gasteiger partial charge in [0.05, 0.1) is 13.0 Å². The molecule has 1 aromatic rings. The SMILES string of the molecule is NC(=O)CN(CCC(F)(F)F)Cc1ccccc1N. The second kappa shape index (κ2) is 6.42. The Labute approximate surface area is 109 Å². The fourth-order valence-electron chi connectivity index (χ4n) is 1.64. The Morgan fingerprint density at radius 3 is 2.42 bits per heavy atom. The van der Waals surface area contributed by atoms with Crippen molar-refractivity contribution in [2.75, 3.05) is 18.8 Å². The van der Waals surface area contributed by atoms with Crippen molar-refractivity contribution in [3.8, 4) is 0 Å². The van der Waals surface area contributed by atoms with Crippen LogP contribution in [0.4, 0.5) is 18.9 Å². The average Bonchev–Trinajstić information content (AvgIpc) is 2.27. The van der Waals surface area contributed by atoms with Gasteiger partial charge in [0.2, 0.25) is 5.91 Å². The summed E-state index contributed by atoms with van der Waals surface area (Å²) in [5, 5.41) is 0. The summed E-state index contributed by atoms with van der Waals surface area (Å²) in [7, 11) is 0. The van der Waals surface area contributed by atoms with Gasteiger partial charge < -0.3 is 11.5 Å². The lowest BCUT2D eigenvalue weighted by molar-refractivity contribution is -0.140. The molecule has 0 aromatic heterocycles. The van der Waals surface area contributed by atoms with E-state index in [0.29, 0.717) is 11.3 Å². The number of alkyl halides is 3. The van der Waals surface area contributed by atoms with Gasteiger partial charge in [0.25, 0.3) is 0 Å². The van der Waals surface area contributed by atoms with Crippen LogP contribution in [0.5, 0.6) is 0 Å². The number of rotatable bonds is 6. The molecule has 0 saturated heterocycles. The van der Waals surface area contributed by atoms with Crippen LogP contribution in [0, 0.1) is 0 Å². The third-order valence-electron chi connectivity index (χ3n) is 2.54. The number of benzene rings is 1. The largest absolute Gasteiger partial charge is 0.398 e. The van der Waals surface area contributed by atoms with E-state index in [0.717, 1.165) is 0 Å². The molecule has 0 unspecified atom stereocenters. The molecule has 0 aliphatic carbocycles. The summed E-state index contributed by atoms with van der Waals surface area (Å²) in [4.78, 5) is 12.2. The summed E-state index contributed by atoms with van der Waals surface area (Å²) in [6.45, 7) is -0.364. The summed E-state index contributed by atoms with van der Waals surface area (Å²) in [6, 6.07) is 6.82. The molecule has 0 spiro atoms. The summed E-state index contributed by atoms with van der Waals surface area (Å²) in [6.07, 6.45) is -5.26. The van der Waals surface area contributed by atoms with Crippen molar-refractivity contribution >= 4 is 11.6 Å². The van der Waals surface area contributed by atoms with Gasteiger partial charge in [-0.15, -0.1) is 0 Å². The van der Waals surface area contributed by atoms with Crippen LogP contribution in [0.15, 0.2) is 24.3 Å². The van der Waals surface area contributed by atoms with Gasteiger partial charge in [-0.2, -0.15) is 13.2 Å². The number of carbonyl (C=O) groups excluding carboxylic acids is 1. The molecular weight excluding hydrogens is 259 g/mol. The maximum atomic E-state index is 12.2. The van der Waals surface area contributed by atoms with Crippen LogP contribution in [0.3, 0.4) is 0 Å². The Morgan fingerprint density at radius 2 is 1.89 bits per heavy atom. The zero-order valence-corrected chi connectivity index (χ0v) is 10.3. The monoisotopic (exact) mass is 275 g/mol. The molecule has 0 fully saturated rings. The molecule has 4 nitrogen and oxygen atoms in total. The average molecular weight is 275 g/mol. The third kappa shape index (κ3) is 6.10. The predicted molar refractivity (Wildman–Crippen MR) is 66.0 cm³/mol. The number of para-hydroxylation sites is 1.